The Bertz CT molecular complexity index is 453. The number of aromatic nitrogens is 3. The van der Waals surface area contributed by atoms with Gasteiger partial charge < -0.3 is 0 Å². The van der Waals surface area contributed by atoms with Gasteiger partial charge in [0.25, 0.3) is 0 Å². The van der Waals surface area contributed by atoms with Crippen molar-refractivity contribution in [1.82, 2.24) is 14.8 Å². The highest BCUT2D eigenvalue weighted by Crippen LogP contribution is 2.12. The van der Waals surface area contributed by atoms with E-state index in [1.807, 2.05) is 0 Å². The van der Waals surface area contributed by atoms with Gasteiger partial charge >= 0.3 is 0 Å². The number of pyridine rings is 1. The van der Waals surface area contributed by atoms with Crippen LogP contribution in [-0.4, -0.2) is 21.1 Å². The Kier molecular flexibility index (Phi) is 2.06. The number of carbonyl (C=O) groups excluding carboxylic acids is 1. The minimum atomic E-state index is -0.645. The van der Waals surface area contributed by atoms with Gasteiger partial charge in [0, 0.05) is 12.4 Å². The van der Waals surface area contributed by atoms with Gasteiger partial charge in [-0.25, -0.2) is 9.07 Å². The smallest absolute Gasteiger partial charge is 0.155 e. The average Bonchev–Trinajstić information content (AvgIpc) is 2.70. The van der Waals surface area contributed by atoms with Crippen LogP contribution < -0.4 is 0 Å². The third-order valence-corrected chi connectivity index (χ3v) is 1.79. The molecular weight excluding hydrogens is 185 g/mol. The Morgan fingerprint density at radius 3 is 2.93 bits per heavy atom. The van der Waals surface area contributed by atoms with Crippen molar-refractivity contribution in [3.05, 3.63) is 42.2 Å². The van der Waals surface area contributed by atoms with E-state index in [0.29, 0.717) is 12.0 Å². The summed E-state index contributed by atoms with van der Waals surface area (Å²) in [7, 11) is 0. The van der Waals surface area contributed by atoms with E-state index in [9.17, 15) is 9.18 Å². The van der Waals surface area contributed by atoms with Crippen molar-refractivity contribution < 1.29 is 9.18 Å². The molecular formula is C9H6FN3O. The number of carbonyl (C=O) groups is 1. The molecule has 0 fully saturated rings. The van der Waals surface area contributed by atoms with Gasteiger partial charge in [-0.15, -0.1) is 0 Å². The summed E-state index contributed by atoms with van der Waals surface area (Å²) >= 11 is 0. The molecule has 0 spiro atoms. The van der Waals surface area contributed by atoms with Gasteiger partial charge in [-0.1, -0.05) is 0 Å². The van der Waals surface area contributed by atoms with Gasteiger partial charge in [0.2, 0.25) is 0 Å². The fourth-order valence-electron chi connectivity index (χ4n) is 1.15. The van der Waals surface area contributed by atoms with Gasteiger partial charge in [-0.2, -0.15) is 5.10 Å². The summed E-state index contributed by atoms with van der Waals surface area (Å²) in [4.78, 5) is 14.3. The van der Waals surface area contributed by atoms with Crippen LogP contribution >= 0.6 is 0 Å². The van der Waals surface area contributed by atoms with E-state index < -0.39 is 5.82 Å². The molecule has 2 aromatic heterocycles. The Labute approximate surface area is 79.0 Å². The summed E-state index contributed by atoms with van der Waals surface area (Å²) in [6, 6.07) is 1.68. The first-order valence-electron chi connectivity index (χ1n) is 3.91. The fourth-order valence-corrected chi connectivity index (χ4v) is 1.15. The molecule has 0 amide bonds. The summed E-state index contributed by atoms with van der Waals surface area (Å²) in [5.41, 5.74) is 0.300. The number of hydrogen-bond acceptors (Lipinski definition) is 3. The topological polar surface area (TPSA) is 47.8 Å². The molecule has 0 N–H and O–H groups in total. The third-order valence-electron chi connectivity index (χ3n) is 1.79. The zero-order valence-corrected chi connectivity index (χ0v) is 7.09. The van der Waals surface area contributed by atoms with Crippen molar-refractivity contribution in [2.45, 2.75) is 0 Å². The molecule has 2 rings (SSSR count). The molecule has 0 radical (unpaired) electrons. The lowest BCUT2D eigenvalue weighted by atomic mass is 10.2. The van der Waals surface area contributed by atoms with E-state index in [4.69, 9.17) is 0 Å². The minimum Gasteiger partial charge on any atom is -0.298 e. The zero-order valence-electron chi connectivity index (χ0n) is 7.09. The average molecular weight is 191 g/mol. The first-order valence-corrected chi connectivity index (χ1v) is 3.91. The fraction of sp³-hybridized carbons (Fsp3) is 0. The normalized spacial score (nSPS) is 10.1. The van der Waals surface area contributed by atoms with Gasteiger partial charge in [0.15, 0.2) is 12.1 Å². The maximum Gasteiger partial charge on any atom is 0.155 e. The predicted molar refractivity (Wildman–Crippen MR) is 46.7 cm³/mol. The predicted octanol–water partition coefficient (Wildman–Crippen LogP) is 1.22. The maximum atomic E-state index is 13.1. The molecule has 2 heterocycles. The van der Waals surface area contributed by atoms with E-state index in [-0.39, 0.29) is 5.56 Å². The Morgan fingerprint density at radius 2 is 2.29 bits per heavy atom. The molecule has 0 bridgehead atoms. The lowest BCUT2D eigenvalue weighted by Gasteiger charge is -2.03. The monoisotopic (exact) mass is 191 g/mol. The Hall–Kier alpha value is -2.04. The number of halogens is 1. The van der Waals surface area contributed by atoms with Crippen molar-refractivity contribution in [2.24, 2.45) is 0 Å². The maximum absolute atomic E-state index is 13.1. The molecule has 0 unspecified atom stereocenters. The molecule has 2 aromatic rings. The van der Waals surface area contributed by atoms with Crippen molar-refractivity contribution in [3.8, 4) is 5.69 Å². The molecule has 0 saturated carbocycles. The van der Waals surface area contributed by atoms with Crippen molar-refractivity contribution >= 4 is 6.29 Å². The van der Waals surface area contributed by atoms with Gasteiger partial charge in [-0.3, -0.25) is 9.78 Å². The highest BCUT2D eigenvalue weighted by Gasteiger charge is 2.09. The number of rotatable bonds is 2. The molecule has 0 saturated heterocycles. The van der Waals surface area contributed by atoms with Crippen LogP contribution in [-0.2, 0) is 0 Å². The highest BCUT2D eigenvalue weighted by atomic mass is 19.1. The van der Waals surface area contributed by atoms with Crippen LogP contribution in [0.2, 0.25) is 0 Å². The van der Waals surface area contributed by atoms with Crippen LogP contribution in [0.3, 0.4) is 0 Å². The summed E-state index contributed by atoms with van der Waals surface area (Å²) in [6.07, 6.45) is 5.99. The third kappa shape index (κ3) is 1.28. The summed E-state index contributed by atoms with van der Waals surface area (Å²) < 4.78 is 14.5. The second kappa shape index (κ2) is 3.37. The van der Waals surface area contributed by atoms with Gasteiger partial charge in [0.05, 0.1) is 23.6 Å². The number of nitrogens with zero attached hydrogens (tertiary/aromatic N) is 3. The molecule has 14 heavy (non-hydrogen) atoms. The minimum absolute atomic E-state index is 0.0382. The van der Waals surface area contributed by atoms with Gasteiger partial charge in [0.1, 0.15) is 0 Å². The first-order chi connectivity index (χ1) is 6.83. The van der Waals surface area contributed by atoms with Crippen LogP contribution in [0.15, 0.2) is 30.9 Å². The molecule has 0 atom stereocenters. The largest absolute Gasteiger partial charge is 0.298 e. The SMILES string of the molecule is O=Cc1c(F)cncc1-n1cccn1. The van der Waals surface area contributed by atoms with E-state index in [0.717, 1.165) is 6.20 Å². The van der Waals surface area contributed by atoms with Crippen LogP contribution in [0.5, 0.6) is 0 Å². The Balaban J connectivity index is 2.64. The van der Waals surface area contributed by atoms with E-state index in [1.54, 1.807) is 18.5 Å². The lowest BCUT2D eigenvalue weighted by molar-refractivity contribution is 0.111. The van der Waals surface area contributed by atoms with Crippen LogP contribution in [0, 0.1) is 5.82 Å². The lowest BCUT2D eigenvalue weighted by Crippen LogP contribution is -2.02. The molecule has 0 aliphatic carbocycles. The second-order valence-electron chi connectivity index (χ2n) is 2.62. The first kappa shape index (κ1) is 8.55. The summed E-state index contributed by atoms with van der Waals surface area (Å²) in [5.74, 6) is -0.645. The molecule has 4 nitrogen and oxygen atoms in total. The zero-order chi connectivity index (χ0) is 9.97. The van der Waals surface area contributed by atoms with E-state index in [1.165, 1.54) is 10.9 Å². The molecule has 0 aliphatic heterocycles. The van der Waals surface area contributed by atoms with Crippen molar-refractivity contribution in [1.29, 1.82) is 0 Å². The number of aldehydes is 1. The standard InChI is InChI=1S/C9H6FN3O/c10-8-4-11-5-9(7(8)6-14)13-3-1-2-12-13/h1-6H. The van der Waals surface area contributed by atoms with E-state index in [2.05, 4.69) is 10.1 Å². The number of hydrogen-bond donors (Lipinski definition) is 0. The van der Waals surface area contributed by atoms with E-state index >= 15 is 0 Å². The van der Waals surface area contributed by atoms with Gasteiger partial charge in [-0.05, 0) is 6.07 Å². The van der Waals surface area contributed by atoms with Crippen molar-refractivity contribution in [2.75, 3.05) is 0 Å². The van der Waals surface area contributed by atoms with Crippen LogP contribution in [0.25, 0.3) is 5.69 Å². The molecule has 0 aliphatic rings. The Morgan fingerprint density at radius 1 is 1.43 bits per heavy atom. The summed E-state index contributed by atoms with van der Waals surface area (Å²) in [6.45, 7) is 0. The second-order valence-corrected chi connectivity index (χ2v) is 2.62. The molecule has 70 valence electrons. The van der Waals surface area contributed by atoms with Crippen molar-refractivity contribution in [3.63, 3.8) is 0 Å². The molecule has 5 heteroatoms. The summed E-state index contributed by atoms with van der Waals surface area (Å²) in [5, 5.41) is 3.89. The molecule has 0 aromatic carbocycles. The highest BCUT2D eigenvalue weighted by molar-refractivity contribution is 5.80. The quantitative estimate of drug-likeness (QED) is 0.670. The van der Waals surface area contributed by atoms with Crippen LogP contribution in [0.4, 0.5) is 4.39 Å². The van der Waals surface area contributed by atoms with Crippen LogP contribution in [0.1, 0.15) is 10.4 Å².